The number of nitrogens with zero attached hydrogens (tertiary/aromatic N) is 1. The van der Waals surface area contributed by atoms with E-state index >= 15 is 0 Å². The third-order valence-electron chi connectivity index (χ3n) is 3.26. The minimum absolute atomic E-state index is 0.0127. The van der Waals surface area contributed by atoms with Gasteiger partial charge in [0.25, 0.3) is 11.8 Å². The Labute approximate surface area is 152 Å². The molecule has 0 saturated carbocycles. The monoisotopic (exact) mass is 442 g/mol. The van der Waals surface area contributed by atoms with Crippen molar-refractivity contribution in [1.82, 2.24) is 10.2 Å². The molecule has 1 aliphatic rings. The molecule has 0 aliphatic carbocycles. The molecule has 0 radical (unpaired) electrons. The standard InChI is InChI=1S/C16H15IN2O5/c1-4-5-19-15(21)10(14(20)18-16(19)22)6-9-7-11(17)13(24-3)12(8-9)23-2/h4,6-8H,1,5H2,2-3H3,(H,18,20,22)/b10-6+. The minimum Gasteiger partial charge on any atom is -0.493 e. The second kappa shape index (κ2) is 7.47. The summed E-state index contributed by atoms with van der Waals surface area (Å²) >= 11 is 2.06. The number of halogens is 1. The third-order valence-corrected chi connectivity index (χ3v) is 4.07. The zero-order valence-electron chi connectivity index (χ0n) is 13.1. The van der Waals surface area contributed by atoms with E-state index < -0.39 is 17.8 Å². The molecule has 1 heterocycles. The van der Waals surface area contributed by atoms with Crippen LogP contribution in [0.15, 0.2) is 30.4 Å². The molecule has 1 aliphatic heterocycles. The fourth-order valence-corrected chi connectivity index (χ4v) is 3.02. The third kappa shape index (κ3) is 3.42. The number of carbonyl (C=O) groups is 3. The van der Waals surface area contributed by atoms with E-state index in [1.54, 1.807) is 12.1 Å². The van der Waals surface area contributed by atoms with Crippen LogP contribution in [0.1, 0.15) is 5.56 Å². The Bertz CT molecular complexity index is 757. The molecular formula is C16H15IN2O5. The molecule has 7 nitrogen and oxygen atoms in total. The van der Waals surface area contributed by atoms with Crippen molar-refractivity contribution in [1.29, 1.82) is 0 Å². The highest BCUT2D eigenvalue weighted by atomic mass is 127. The van der Waals surface area contributed by atoms with Gasteiger partial charge in [-0.2, -0.15) is 0 Å². The lowest BCUT2D eigenvalue weighted by molar-refractivity contribution is -0.129. The molecule has 24 heavy (non-hydrogen) atoms. The van der Waals surface area contributed by atoms with Crippen LogP contribution in [-0.4, -0.2) is 43.5 Å². The lowest BCUT2D eigenvalue weighted by Gasteiger charge is -2.25. The molecule has 4 amide bonds. The molecule has 1 fully saturated rings. The lowest BCUT2D eigenvalue weighted by atomic mass is 10.1. The number of nitrogens with one attached hydrogen (secondary N) is 1. The van der Waals surface area contributed by atoms with Crippen molar-refractivity contribution in [3.8, 4) is 11.5 Å². The Kier molecular flexibility index (Phi) is 5.60. The van der Waals surface area contributed by atoms with Gasteiger partial charge in [-0.05, 0) is 46.4 Å². The fourth-order valence-electron chi connectivity index (χ4n) is 2.18. The molecule has 1 N–H and O–H groups in total. The van der Waals surface area contributed by atoms with Gasteiger partial charge in [0.1, 0.15) is 5.57 Å². The van der Waals surface area contributed by atoms with E-state index in [4.69, 9.17) is 9.47 Å². The molecule has 1 aromatic carbocycles. The normalized spacial score (nSPS) is 16.2. The molecule has 2 rings (SSSR count). The first-order valence-electron chi connectivity index (χ1n) is 6.84. The molecule has 8 heteroatoms. The van der Waals surface area contributed by atoms with Gasteiger partial charge < -0.3 is 9.47 Å². The fraction of sp³-hybridized carbons (Fsp3) is 0.188. The number of benzene rings is 1. The number of hydrogen-bond acceptors (Lipinski definition) is 5. The summed E-state index contributed by atoms with van der Waals surface area (Å²) in [6.45, 7) is 3.51. The largest absolute Gasteiger partial charge is 0.493 e. The van der Waals surface area contributed by atoms with Crippen molar-refractivity contribution in [2.75, 3.05) is 20.8 Å². The summed E-state index contributed by atoms with van der Waals surface area (Å²) in [5, 5.41) is 2.13. The van der Waals surface area contributed by atoms with Crippen LogP contribution < -0.4 is 14.8 Å². The van der Waals surface area contributed by atoms with Crippen LogP contribution in [0.2, 0.25) is 0 Å². The van der Waals surface area contributed by atoms with Crippen molar-refractivity contribution in [3.63, 3.8) is 0 Å². The maximum Gasteiger partial charge on any atom is 0.331 e. The van der Waals surface area contributed by atoms with Gasteiger partial charge in [-0.15, -0.1) is 6.58 Å². The number of barbiturate groups is 1. The lowest BCUT2D eigenvalue weighted by Crippen LogP contribution is -2.54. The summed E-state index contributed by atoms with van der Waals surface area (Å²) in [4.78, 5) is 37.0. The van der Waals surface area contributed by atoms with E-state index in [-0.39, 0.29) is 12.1 Å². The summed E-state index contributed by atoms with van der Waals surface area (Å²) in [5.41, 5.74) is 0.433. The predicted molar refractivity (Wildman–Crippen MR) is 95.7 cm³/mol. The first-order chi connectivity index (χ1) is 11.4. The van der Waals surface area contributed by atoms with Crippen LogP contribution in [0.5, 0.6) is 11.5 Å². The van der Waals surface area contributed by atoms with Crippen LogP contribution in [0.4, 0.5) is 4.79 Å². The SMILES string of the molecule is C=CCN1C(=O)NC(=O)/C(=C\c2cc(I)c(OC)c(OC)c2)C1=O. The highest BCUT2D eigenvalue weighted by molar-refractivity contribution is 14.1. The summed E-state index contributed by atoms with van der Waals surface area (Å²) in [5.74, 6) is -0.384. The molecular weight excluding hydrogens is 427 g/mol. The molecule has 126 valence electrons. The maximum atomic E-state index is 12.4. The summed E-state index contributed by atoms with van der Waals surface area (Å²) in [6.07, 6.45) is 2.81. The Hall–Kier alpha value is -2.36. The van der Waals surface area contributed by atoms with Gasteiger partial charge in [-0.1, -0.05) is 6.08 Å². The summed E-state index contributed by atoms with van der Waals surface area (Å²) in [6, 6.07) is 2.62. The quantitative estimate of drug-likeness (QED) is 0.326. The van der Waals surface area contributed by atoms with E-state index in [0.29, 0.717) is 17.1 Å². The number of amides is 4. The van der Waals surface area contributed by atoms with Crippen LogP contribution in [0, 0.1) is 3.57 Å². The Morgan fingerprint density at radius 1 is 1.25 bits per heavy atom. The van der Waals surface area contributed by atoms with Gasteiger partial charge in [-0.25, -0.2) is 4.79 Å². The maximum absolute atomic E-state index is 12.4. The highest BCUT2D eigenvalue weighted by Gasteiger charge is 2.34. The van der Waals surface area contributed by atoms with Gasteiger partial charge in [0.05, 0.1) is 17.8 Å². The molecule has 0 atom stereocenters. The van der Waals surface area contributed by atoms with Crippen molar-refractivity contribution < 1.29 is 23.9 Å². The van der Waals surface area contributed by atoms with Crippen molar-refractivity contribution in [3.05, 3.63) is 39.5 Å². The Balaban J connectivity index is 2.47. The van der Waals surface area contributed by atoms with Gasteiger partial charge in [0, 0.05) is 6.54 Å². The molecule has 1 saturated heterocycles. The van der Waals surface area contributed by atoms with Crippen molar-refractivity contribution >= 4 is 46.5 Å². The highest BCUT2D eigenvalue weighted by Crippen LogP contribution is 2.34. The number of hydrogen-bond donors (Lipinski definition) is 1. The number of rotatable bonds is 5. The van der Waals surface area contributed by atoms with E-state index in [0.717, 1.165) is 8.47 Å². The number of carbonyl (C=O) groups excluding carboxylic acids is 3. The Morgan fingerprint density at radius 2 is 1.96 bits per heavy atom. The van der Waals surface area contributed by atoms with Crippen molar-refractivity contribution in [2.24, 2.45) is 0 Å². The summed E-state index contributed by atoms with van der Waals surface area (Å²) < 4.78 is 11.3. The van der Waals surface area contributed by atoms with E-state index in [1.807, 2.05) is 0 Å². The van der Waals surface area contributed by atoms with Crippen LogP contribution >= 0.6 is 22.6 Å². The van der Waals surface area contributed by atoms with Crippen molar-refractivity contribution in [2.45, 2.75) is 0 Å². The average molecular weight is 442 g/mol. The number of imide groups is 2. The average Bonchev–Trinajstić information content (AvgIpc) is 2.54. The first kappa shape index (κ1) is 18.0. The smallest absolute Gasteiger partial charge is 0.331 e. The molecule has 0 bridgehead atoms. The van der Waals surface area contributed by atoms with Gasteiger partial charge in [-0.3, -0.25) is 19.8 Å². The van der Waals surface area contributed by atoms with E-state index in [1.165, 1.54) is 26.4 Å². The van der Waals surface area contributed by atoms with E-state index in [9.17, 15) is 14.4 Å². The topological polar surface area (TPSA) is 84.9 Å². The van der Waals surface area contributed by atoms with Crippen LogP contribution in [0.3, 0.4) is 0 Å². The van der Waals surface area contributed by atoms with Gasteiger partial charge >= 0.3 is 6.03 Å². The zero-order valence-corrected chi connectivity index (χ0v) is 15.2. The van der Waals surface area contributed by atoms with E-state index in [2.05, 4.69) is 34.5 Å². The molecule has 0 aromatic heterocycles. The van der Waals surface area contributed by atoms with Crippen LogP contribution in [0.25, 0.3) is 6.08 Å². The Morgan fingerprint density at radius 3 is 2.54 bits per heavy atom. The number of urea groups is 1. The minimum atomic E-state index is -0.760. The van der Waals surface area contributed by atoms with Crippen LogP contribution in [-0.2, 0) is 9.59 Å². The zero-order chi connectivity index (χ0) is 17.9. The summed E-state index contributed by atoms with van der Waals surface area (Å²) in [7, 11) is 3.02. The second-order valence-corrected chi connectivity index (χ2v) is 5.92. The predicted octanol–water partition coefficient (Wildman–Crippen LogP) is 1.96. The molecule has 1 aromatic rings. The first-order valence-corrected chi connectivity index (χ1v) is 7.92. The second-order valence-electron chi connectivity index (χ2n) is 4.76. The number of methoxy groups -OCH3 is 2. The van der Waals surface area contributed by atoms with Gasteiger partial charge in [0.15, 0.2) is 11.5 Å². The molecule has 0 unspecified atom stereocenters. The number of ether oxygens (including phenoxy) is 2. The van der Waals surface area contributed by atoms with Gasteiger partial charge in [0.2, 0.25) is 0 Å². The molecule has 0 spiro atoms.